The SMILES string of the molecule is COC1CCC(C2C3CCCCC3C(C3CCC(OC)CC3)C3C(CC4CCCC5CC6CCCCC6CC54)CCCC23)CC1. The number of hydrogen-bond acceptors (Lipinski definition) is 2. The minimum Gasteiger partial charge on any atom is -0.381 e. The van der Waals surface area contributed by atoms with Crippen LogP contribution >= 0.6 is 0 Å². The van der Waals surface area contributed by atoms with Crippen LogP contribution in [0, 0.1) is 82.9 Å². The molecule has 12 atom stereocenters. The standard InChI is InChI=1S/C43H72O2/c1-44-35-21-17-28(18-22-35)41-37-14-5-6-15-38(37)42(29-19-23-36(45-2)24-20-29)43-34(13-8-16-39(41)43)26-33-12-7-11-32-25-30-9-3-4-10-31(30)27-40(32)33/h28-43H,3-27H2,1-2H3. The van der Waals surface area contributed by atoms with Gasteiger partial charge >= 0.3 is 0 Å². The molecule has 0 aromatic heterocycles. The molecule has 8 rings (SSSR count). The molecule has 8 aliphatic carbocycles. The van der Waals surface area contributed by atoms with E-state index in [1.807, 2.05) is 14.2 Å². The van der Waals surface area contributed by atoms with Crippen molar-refractivity contribution in [2.45, 2.75) is 173 Å². The Hall–Kier alpha value is -0.0800. The summed E-state index contributed by atoms with van der Waals surface area (Å²) >= 11 is 0. The summed E-state index contributed by atoms with van der Waals surface area (Å²) in [6.07, 6.45) is 39.2. The molecule has 45 heavy (non-hydrogen) atoms. The van der Waals surface area contributed by atoms with Crippen molar-refractivity contribution in [3.8, 4) is 0 Å². The number of rotatable bonds is 6. The van der Waals surface area contributed by atoms with Crippen molar-refractivity contribution in [1.29, 1.82) is 0 Å². The van der Waals surface area contributed by atoms with Crippen LogP contribution < -0.4 is 0 Å². The van der Waals surface area contributed by atoms with Gasteiger partial charge in [-0.25, -0.2) is 0 Å². The highest BCUT2D eigenvalue weighted by Gasteiger charge is 2.57. The second-order valence-corrected chi connectivity index (χ2v) is 18.9. The molecule has 0 heterocycles. The summed E-state index contributed by atoms with van der Waals surface area (Å²) < 4.78 is 11.9. The zero-order chi connectivity index (χ0) is 30.3. The molecule has 0 saturated heterocycles. The van der Waals surface area contributed by atoms with Gasteiger partial charge in [0.15, 0.2) is 0 Å². The van der Waals surface area contributed by atoms with E-state index >= 15 is 0 Å². The lowest BCUT2D eigenvalue weighted by Gasteiger charge is -2.62. The summed E-state index contributed by atoms with van der Waals surface area (Å²) in [6.45, 7) is 0. The first-order chi connectivity index (χ1) is 22.2. The third-order valence-corrected chi connectivity index (χ3v) is 17.4. The van der Waals surface area contributed by atoms with Gasteiger partial charge in [0.25, 0.3) is 0 Å². The predicted octanol–water partition coefficient (Wildman–Crippen LogP) is 11.5. The van der Waals surface area contributed by atoms with Crippen LogP contribution in [0.4, 0.5) is 0 Å². The Labute approximate surface area is 278 Å². The first kappa shape index (κ1) is 32.1. The maximum atomic E-state index is 5.95. The molecule has 8 aliphatic rings. The largest absolute Gasteiger partial charge is 0.381 e. The fourth-order valence-electron chi connectivity index (χ4n) is 15.7. The normalized spacial score (nSPS) is 52.1. The molecular weight excluding hydrogens is 548 g/mol. The average Bonchev–Trinajstić information content (AvgIpc) is 3.10. The van der Waals surface area contributed by atoms with Crippen LogP contribution in [0.1, 0.15) is 161 Å². The van der Waals surface area contributed by atoms with Gasteiger partial charge in [0, 0.05) is 14.2 Å². The Bertz CT molecular complexity index is 930. The molecular formula is C43H72O2. The van der Waals surface area contributed by atoms with Crippen molar-refractivity contribution in [2.75, 3.05) is 14.2 Å². The third-order valence-electron chi connectivity index (χ3n) is 17.4. The molecule has 0 aliphatic heterocycles. The van der Waals surface area contributed by atoms with Gasteiger partial charge in [-0.1, -0.05) is 70.6 Å². The molecule has 0 aromatic carbocycles. The van der Waals surface area contributed by atoms with Gasteiger partial charge in [0.1, 0.15) is 0 Å². The van der Waals surface area contributed by atoms with Crippen molar-refractivity contribution in [3.05, 3.63) is 0 Å². The van der Waals surface area contributed by atoms with Crippen LogP contribution in [0.5, 0.6) is 0 Å². The van der Waals surface area contributed by atoms with E-state index in [1.165, 1.54) is 70.6 Å². The molecule has 2 heteroatoms. The van der Waals surface area contributed by atoms with E-state index < -0.39 is 0 Å². The fourth-order valence-corrected chi connectivity index (χ4v) is 15.7. The summed E-state index contributed by atoms with van der Waals surface area (Å²) in [7, 11) is 3.96. The van der Waals surface area contributed by atoms with Crippen LogP contribution in [0.15, 0.2) is 0 Å². The van der Waals surface area contributed by atoms with E-state index in [0.717, 1.165) is 82.9 Å². The second-order valence-electron chi connectivity index (χ2n) is 18.9. The summed E-state index contributed by atoms with van der Waals surface area (Å²) in [5, 5.41) is 0. The Morgan fingerprint density at radius 3 is 1.53 bits per heavy atom. The topological polar surface area (TPSA) is 18.5 Å². The number of hydrogen-bond donors (Lipinski definition) is 0. The third kappa shape index (κ3) is 6.39. The Kier molecular flexibility index (Phi) is 10.3. The molecule has 0 bridgehead atoms. The summed E-state index contributed by atoms with van der Waals surface area (Å²) in [5.41, 5.74) is 0. The van der Waals surface area contributed by atoms with Crippen molar-refractivity contribution >= 4 is 0 Å². The van der Waals surface area contributed by atoms with E-state index in [0.29, 0.717) is 12.2 Å². The summed E-state index contributed by atoms with van der Waals surface area (Å²) in [5.74, 6) is 14.8. The smallest absolute Gasteiger partial charge is 0.0571 e. The second kappa shape index (κ2) is 14.4. The molecule has 256 valence electrons. The van der Waals surface area contributed by atoms with Gasteiger partial charge in [-0.15, -0.1) is 0 Å². The van der Waals surface area contributed by atoms with Crippen LogP contribution in [-0.2, 0) is 9.47 Å². The Morgan fingerprint density at radius 1 is 0.356 bits per heavy atom. The number of ether oxygens (including phenoxy) is 2. The van der Waals surface area contributed by atoms with Crippen LogP contribution in [0.2, 0.25) is 0 Å². The zero-order valence-corrected chi connectivity index (χ0v) is 29.7. The molecule has 2 nitrogen and oxygen atoms in total. The minimum absolute atomic E-state index is 0.544. The first-order valence-electron chi connectivity index (χ1n) is 21.3. The minimum atomic E-state index is 0.544. The van der Waals surface area contributed by atoms with E-state index in [-0.39, 0.29) is 0 Å². The maximum absolute atomic E-state index is 5.95. The summed E-state index contributed by atoms with van der Waals surface area (Å²) in [4.78, 5) is 0. The highest BCUT2D eigenvalue weighted by molar-refractivity contribution is 5.06. The molecule has 8 saturated carbocycles. The van der Waals surface area contributed by atoms with E-state index in [1.54, 1.807) is 89.9 Å². The van der Waals surface area contributed by atoms with Crippen LogP contribution in [-0.4, -0.2) is 26.4 Å². The van der Waals surface area contributed by atoms with Gasteiger partial charge < -0.3 is 9.47 Å². The molecule has 0 radical (unpaired) electrons. The molecule has 0 aromatic rings. The van der Waals surface area contributed by atoms with Gasteiger partial charge in [-0.05, 0) is 173 Å². The van der Waals surface area contributed by atoms with Crippen molar-refractivity contribution in [2.24, 2.45) is 82.9 Å². The lowest BCUT2D eigenvalue weighted by Crippen LogP contribution is -2.56. The fraction of sp³-hybridized carbons (Fsp3) is 1.00. The molecule has 12 unspecified atom stereocenters. The molecule has 0 spiro atoms. The molecule has 0 amide bonds. The highest BCUT2D eigenvalue weighted by atomic mass is 16.5. The van der Waals surface area contributed by atoms with Crippen molar-refractivity contribution in [1.82, 2.24) is 0 Å². The lowest BCUT2D eigenvalue weighted by atomic mass is 9.43. The Morgan fingerprint density at radius 2 is 0.867 bits per heavy atom. The first-order valence-corrected chi connectivity index (χ1v) is 21.3. The van der Waals surface area contributed by atoms with Crippen molar-refractivity contribution in [3.63, 3.8) is 0 Å². The van der Waals surface area contributed by atoms with Crippen molar-refractivity contribution < 1.29 is 9.47 Å². The van der Waals surface area contributed by atoms with Gasteiger partial charge in [-0.2, -0.15) is 0 Å². The Balaban J connectivity index is 1.08. The lowest BCUT2D eigenvalue weighted by molar-refractivity contribution is -0.142. The van der Waals surface area contributed by atoms with E-state index in [4.69, 9.17) is 9.47 Å². The summed E-state index contributed by atoms with van der Waals surface area (Å²) in [6, 6.07) is 0. The van der Waals surface area contributed by atoms with Crippen LogP contribution in [0.3, 0.4) is 0 Å². The van der Waals surface area contributed by atoms with E-state index in [9.17, 15) is 0 Å². The monoisotopic (exact) mass is 621 g/mol. The van der Waals surface area contributed by atoms with E-state index in [2.05, 4.69) is 0 Å². The van der Waals surface area contributed by atoms with Gasteiger partial charge in [0.2, 0.25) is 0 Å². The highest BCUT2D eigenvalue weighted by Crippen LogP contribution is 2.65. The zero-order valence-electron chi connectivity index (χ0n) is 29.7. The average molecular weight is 621 g/mol. The predicted molar refractivity (Wildman–Crippen MR) is 186 cm³/mol. The number of fused-ring (bicyclic) bond motifs is 4. The molecule has 8 fully saturated rings. The quantitative estimate of drug-likeness (QED) is 0.294. The molecule has 0 N–H and O–H groups in total. The number of methoxy groups -OCH3 is 2. The van der Waals surface area contributed by atoms with Gasteiger partial charge in [-0.3, -0.25) is 0 Å². The van der Waals surface area contributed by atoms with Crippen LogP contribution in [0.25, 0.3) is 0 Å². The maximum Gasteiger partial charge on any atom is 0.0571 e. The van der Waals surface area contributed by atoms with Gasteiger partial charge in [0.05, 0.1) is 12.2 Å².